The Kier molecular flexibility index (Phi) is 4.37. The number of hydrogen-bond donors (Lipinski definition) is 1. The van der Waals surface area contributed by atoms with Crippen molar-refractivity contribution in [1.29, 1.82) is 0 Å². The summed E-state index contributed by atoms with van der Waals surface area (Å²) in [5, 5.41) is 8.86. The van der Waals surface area contributed by atoms with Crippen LogP contribution < -0.4 is 0 Å². The zero-order valence-electron chi connectivity index (χ0n) is 11.0. The molecule has 0 heterocycles. The van der Waals surface area contributed by atoms with Gasteiger partial charge in [0.2, 0.25) is 0 Å². The molecule has 0 saturated carbocycles. The molecule has 0 saturated heterocycles. The van der Waals surface area contributed by atoms with Crippen molar-refractivity contribution >= 4 is 15.8 Å². The van der Waals surface area contributed by atoms with Crippen molar-refractivity contribution in [1.82, 2.24) is 0 Å². The van der Waals surface area contributed by atoms with Crippen LogP contribution in [0, 0.1) is 5.82 Å². The summed E-state index contributed by atoms with van der Waals surface area (Å²) >= 11 is 0. The Hall–Kier alpha value is -2.21. The van der Waals surface area contributed by atoms with E-state index in [2.05, 4.69) is 0 Å². The lowest BCUT2D eigenvalue weighted by Gasteiger charge is -2.07. The van der Waals surface area contributed by atoms with Gasteiger partial charge in [-0.2, -0.15) is 0 Å². The maximum absolute atomic E-state index is 13.7. The minimum absolute atomic E-state index is 0.236. The molecule has 0 bridgehead atoms. The fourth-order valence-corrected chi connectivity index (χ4v) is 3.28. The van der Waals surface area contributed by atoms with Gasteiger partial charge in [-0.15, -0.1) is 0 Å². The zero-order chi connectivity index (χ0) is 15.5. The van der Waals surface area contributed by atoms with E-state index in [1.165, 1.54) is 0 Å². The third-order valence-electron chi connectivity index (χ3n) is 3.02. The fraction of sp³-hybridized carbons (Fsp3) is 0.133. The quantitative estimate of drug-likeness (QED) is 0.921. The minimum atomic E-state index is -3.88. The Labute approximate surface area is 121 Å². The van der Waals surface area contributed by atoms with Crippen molar-refractivity contribution in [2.24, 2.45) is 0 Å². The standard InChI is InChI=1S/C15H13FO4S/c16-13-7-6-12(15(17)18)10-14(13)21(19,20)9-8-11-4-2-1-3-5-11/h1-7,10H,8-9H2,(H,17,18). The number of hydrogen-bond acceptors (Lipinski definition) is 3. The molecule has 2 aromatic rings. The molecular formula is C15H13FO4S. The average molecular weight is 308 g/mol. The van der Waals surface area contributed by atoms with Crippen LogP contribution in [0.25, 0.3) is 0 Å². The number of benzene rings is 2. The van der Waals surface area contributed by atoms with Gasteiger partial charge in [-0.3, -0.25) is 0 Å². The molecule has 0 atom stereocenters. The average Bonchev–Trinajstić information content (AvgIpc) is 2.46. The molecule has 21 heavy (non-hydrogen) atoms. The normalized spacial score (nSPS) is 11.3. The number of carboxylic acid groups (broad SMARTS) is 1. The molecule has 4 nitrogen and oxygen atoms in total. The monoisotopic (exact) mass is 308 g/mol. The van der Waals surface area contributed by atoms with Gasteiger partial charge in [-0.1, -0.05) is 30.3 Å². The molecule has 0 amide bonds. The van der Waals surface area contributed by atoms with Crippen molar-refractivity contribution in [2.45, 2.75) is 11.3 Å². The summed E-state index contributed by atoms with van der Waals surface area (Å²) in [5.41, 5.74) is 0.561. The lowest BCUT2D eigenvalue weighted by molar-refractivity contribution is 0.0696. The van der Waals surface area contributed by atoms with Crippen LogP contribution in [0.5, 0.6) is 0 Å². The summed E-state index contributed by atoms with van der Waals surface area (Å²) in [6.45, 7) is 0. The van der Waals surface area contributed by atoms with Gasteiger partial charge in [0, 0.05) is 0 Å². The lowest BCUT2D eigenvalue weighted by atomic mass is 10.2. The maximum atomic E-state index is 13.7. The van der Waals surface area contributed by atoms with Crippen LogP contribution in [0.15, 0.2) is 53.4 Å². The first-order chi connectivity index (χ1) is 9.90. The second-order valence-corrected chi connectivity index (χ2v) is 6.58. The smallest absolute Gasteiger partial charge is 0.335 e. The van der Waals surface area contributed by atoms with Crippen LogP contribution in [0.3, 0.4) is 0 Å². The molecule has 2 rings (SSSR count). The molecule has 110 valence electrons. The van der Waals surface area contributed by atoms with Gasteiger partial charge in [0.15, 0.2) is 9.84 Å². The van der Waals surface area contributed by atoms with Gasteiger partial charge in [-0.05, 0) is 30.2 Å². The van der Waals surface area contributed by atoms with Crippen LogP contribution in [0.4, 0.5) is 4.39 Å². The summed E-state index contributed by atoms with van der Waals surface area (Å²) in [7, 11) is -3.88. The van der Waals surface area contributed by atoms with Gasteiger partial charge in [0.05, 0.1) is 11.3 Å². The number of rotatable bonds is 5. The molecule has 6 heteroatoms. The van der Waals surface area contributed by atoms with E-state index in [-0.39, 0.29) is 17.7 Å². The van der Waals surface area contributed by atoms with Crippen LogP contribution in [0.1, 0.15) is 15.9 Å². The Morgan fingerprint density at radius 3 is 2.38 bits per heavy atom. The summed E-state index contributed by atoms with van der Waals surface area (Å²) in [6.07, 6.45) is 0.236. The Morgan fingerprint density at radius 2 is 1.76 bits per heavy atom. The molecule has 0 aliphatic rings. The highest BCUT2D eigenvalue weighted by molar-refractivity contribution is 7.91. The van der Waals surface area contributed by atoms with Gasteiger partial charge >= 0.3 is 5.97 Å². The van der Waals surface area contributed by atoms with E-state index in [0.717, 1.165) is 23.8 Å². The first-order valence-corrected chi connectivity index (χ1v) is 7.85. The molecule has 0 aliphatic heterocycles. The van der Waals surface area contributed by atoms with Crippen molar-refractivity contribution in [2.75, 3.05) is 5.75 Å². The third-order valence-corrected chi connectivity index (χ3v) is 4.74. The van der Waals surface area contributed by atoms with Crippen molar-refractivity contribution in [3.05, 3.63) is 65.5 Å². The minimum Gasteiger partial charge on any atom is -0.478 e. The Morgan fingerprint density at radius 1 is 1.10 bits per heavy atom. The summed E-state index contributed by atoms with van der Waals surface area (Å²) in [5.74, 6) is -2.51. The molecule has 2 aromatic carbocycles. The molecule has 0 fully saturated rings. The number of halogens is 1. The van der Waals surface area contributed by atoms with Crippen LogP contribution in [-0.2, 0) is 16.3 Å². The van der Waals surface area contributed by atoms with E-state index in [9.17, 15) is 17.6 Å². The molecule has 0 spiro atoms. The number of carbonyl (C=O) groups is 1. The first-order valence-electron chi connectivity index (χ1n) is 6.20. The number of aryl methyl sites for hydroxylation is 1. The Bertz CT molecular complexity index is 754. The summed E-state index contributed by atoms with van der Waals surface area (Å²) in [6, 6.07) is 11.7. The number of carboxylic acids is 1. The highest BCUT2D eigenvalue weighted by Gasteiger charge is 2.21. The predicted octanol–water partition coefficient (Wildman–Crippen LogP) is 2.54. The van der Waals surface area contributed by atoms with E-state index in [4.69, 9.17) is 5.11 Å². The van der Waals surface area contributed by atoms with E-state index in [0.29, 0.717) is 0 Å². The molecule has 1 N–H and O–H groups in total. The highest BCUT2D eigenvalue weighted by Crippen LogP contribution is 2.19. The molecule has 0 radical (unpaired) electrons. The Balaban J connectivity index is 2.27. The van der Waals surface area contributed by atoms with Crippen molar-refractivity contribution in [3.63, 3.8) is 0 Å². The molecule has 0 unspecified atom stereocenters. The number of sulfone groups is 1. The largest absolute Gasteiger partial charge is 0.478 e. The van der Waals surface area contributed by atoms with Crippen LogP contribution >= 0.6 is 0 Å². The topological polar surface area (TPSA) is 71.4 Å². The van der Waals surface area contributed by atoms with E-state index in [1.807, 2.05) is 6.07 Å². The molecular weight excluding hydrogens is 295 g/mol. The van der Waals surface area contributed by atoms with E-state index < -0.39 is 26.5 Å². The highest BCUT2D eigenvalue weighted by atomic mass is 32.2. The summed E-state index contributed by atoms with van der Waals surface area (Å²) in [4.78, 5) is 10.3. The first kappa shape index (κ1) is 15.2. The molecule has 0 aromatic heterocycles. The molecule has 0 aliphatic carbocycles. The fourth-order valence-electron chi connectivity index (χ4n) is 1.88. The van der Waals surface area contributed by atoms with Crippen molar-refractivity contribution in [3.8, 4) is 0 Å². The second-order valence-electron chi connectivity index (χ2n) is 4.50. The van der Waals surface area contributed by atoms with E-state index >= 15 is 0 Å². The zero-order valence-corrected chi connectivity index (χ0v) is 11.8. The van der Waals surface area contributed by atoms with E-state index in [1.54, 1.807) is 24.3 Å². The van der Waals surface area contributed by atoms with Gasteiger partial charge < -0.3 is 5.11 Å². The maximum Gasteiger partial charge on any atom is 0.335 e. The van der Waals surface area contributed by atoms with Crippen LogP contribution in [0.2, 0.25) is 0 Å². The van der Waals surface area contributed by atoms with Gasteiger partial charge in [0.25, 0.3) is 0 Å². The second kappa shape index (κ2) is 6.05. The van der Waals surface area contributed by atoms with Crippen molar-refractivity contribution < 1.29 is 22.7 Å². The number of aromatic carboxylic acids is 1. The lowest BCUT2D eigenvalue weighted by Crippen LogP contribution is -2.12. The SMILES string of the molecule is O=C(O)c1ccc(F)c(S(=O)(=O)CCc2ccccc2)c1. The van der Waals surface area contributed by atoms with Gasteiger partial charge in [0.1, 0.15) is 10.7 Å². The van der Waals surface area contributed by atoms with Crippen LogP contribution in [-0.4, -0.2) is 25.2 Å². The summed E-state index contributed by atoms with van der Waals surface area (Å²) < 4.78 is 38.0. The predicted molar refractivity (Wildman–Crippen MR) is 75.6 cm³/mol. The van der Waals surface area contributed by atoms with Gasteiger partial charge in [-0.25, -0.2) is 17.6 Å². The third kappa shape index (κ3) is 3.66.